The molecule has 0 radical (unpaired) electrons. The number of halogens is 3. The molecule has 1 unspecified atom stereocenters. The topological polar surface area (TPSA) is 67.6 Å². The highest BCUT2D eigenvalue weighted by molar-refractivity contribution is 5.69. The number of ether oxygens (including phenoxy) is 1. The van der Waals surface area contributed by atoms with Crippen LogP contribution in [0.15, 0.2) is 24.3 Å². The first-order chi connectivity index (χ1) is 14.9. The summed E-state index contributed by atoms with van der Waals surface area (Å²) < 4.78 is 46.2. The molecular weight excluding hydrogens is 423 g/mol. The summed E-state index contributed by atoms with van der Waals surface area (Å²) in [6, 6.07) is 4.66. The van der Waals surface area contributed by atoms with Crippen molar-refractivity contribution in [3.8, 4) is 0 Å². The zero-order valence-corrected chi connectivity index (χ0v) is 18.9. The minimum atomic E-state index is -4.38. The average Bonchev–Trinajstić information content (AvgIpc) is 3.08. The molecule has 0 fully saturated rings. The van der Waals surface area contributed by atoms with E-state index >= 15 is 0 Å². The van der Waals surface area contributed by atoms with Gasteiger partial charge in [-0.3, -0.25) is 4.90 Å². The number of hydrogen-bond acceptors (Lipinski definition) is 4. The predicted molar refractivity (Wildman–Crippen MR) is 113 cm³/mol. The molecule has 1 aliphatic heterocycles. The second kappa shape index (κ2) is 9.13. The number of nitrogens with zero attached hydrogens (tertiary/aromatic N) is 3. The summed E-state index contributed by atoms with van der Waals surface area (Å²) in [4.78, 5) is 19.2. The van der Waals surface area contributed by atoms with Gasteiger partial charge >= 0.3 is 12.3 Å². The van der Waals surface area contributed by atoms with E-state index in [4.69, 9.17) is 4.74 Å². The number of aliphatic hydroxyl groups is 1. The first-order valence-corrected chi connectivity index (χ1v) is 10.8. The van der Waals surface area contributed by atoms with Gasteiger partial charge in [0.05, 0.1) is 29.6 Å². The number of carbonyl (C=O) groups is 1. The zero-order valence-electron chi connectivity index (χ0n) is 18.9. The van der Waals surface area contributed by atoms with E-state index in [1.54, 1.807) is 25.7 Å². The number of aryl methyl sites for hydroxylation is 2. The molecule has 3 rings (SSSR count). The molecule has 32 heavy (non-hydrogen) atoms. The summed E-state index contributed by atoms with van der Waals surface area (Å²) in [7, 11) is 0. The molecule has 1 aromatic carbocycles. The highest BCUT2D eigenvalue weighted by Crippen LogP contribution is 2.35. The average molecular weight is 454 g/mol. The molecule has 0 bridgehead atoms. The van der Waals surface area contributed by atoms with Gasteiger partial charge in [0.2, 0.25) is 0 Å². The summed E-state index contributed by atoms with van der Waals surface area (Å²) in [5.41, 5.74) is 0.671. The first kappa shape index (κ1) is 24.1. The van der Waals surface area contributed by atoms with Crippen molar-refractivity contribution in [3.63, 3.8) is 0 Å². The lowest BCUT2D eigenvalue weighted by Crippen LogP contribution is -2.45. The molecule has 0 saturated carbocycles. The molecule has 0 saturated heterocycles. The van der Waals surface area contributed by atoms with Crippen molar-refractivity contribution in [1.29, 1.82) is 0 Å². The Morgan fingerprint density at radius 2 is 1.84 bits per heavy atom. The molecule has 1 N–H and O–H groups in total. The van der Waals surface area contributed by atoms with E-state index in [1.165, 1.54) is 12.1 Å². The quantitative estimate of drug-likeness (QED) is 0.701. The van der Waals surface area contributed by atoms with Crippen molar-refractivity contribution in [2.75, 3.05) is 6.54 Å². The normalized spacial score (nSPS) is 16.8. The zero-order chi connectivity index (χ0) is 23.7. The molecule has 1 aromatic heterocycles. The second-order valence-electron chi connectivity index (χ2n) is 8.95. The molecule has 0 spiro atoms. The number of aromatic nitrogens is 2. The molecule has 1 aliphatic rings. The summed E-state index contributed by atoms with van der Waals surface area (Å²) in [6.07, 6.45) is -3.23. The van der Waals surface area contributed by atoms with Crippen LogP contribution in [0.4, 0.5) is 18.0 Å². The van der Waals surface area contributed by atoms with Gasteiger partial charge in [-0.2, -0.15) is 13.2 Å². The largest absolute Gasteiger partial charge is 0.444 e. The smallest absolute Gasteiger partial charge is 0.416 e. The van der Waals surface area contributed by atoms with Crippen molar-refractivity contribution in [2.45, 2.75) is 77.9 Å². The minimum Gasteiger partial charge on any atom is -0.444 e. The lowest BCUT2D eigenvalue weighted by Gasteiger charge is -2.38. The SMILES string of the molecule is CCc1nc(CO)c2n1CCN(C(=O)OC(C)(C)C)C2CCc1ccc(C(F)(F)F)cc1. The maximum absolute atomic E-state index is 13.0. The van der Waals surface area contributed by atoms with Crippen LogP contribution in [0.5, 0.6) is 0 Å². The van der Waals surface area contributed by atoms with Gasteiger partial charge in [0, 0.05) is 19.5 Å². The van der Waals surface area contributed by atoms with Crippen LogP contribution in [0.25, 0.3) is 0 Å². The Hall–Kier alpha value is -2.55. The van der Waals surface area contributed by atoms with Gasteiger partial charge in [0.25, 0.3) is 0 Å². The lowest BCUT2D eigenvalue weighted by atomic mass is 9.98. The fraction of sp³-hybridized carbons (Fsp3) is 0.565. The van der Waals surface area contributed by atoms with E-state index < -0.39 is 29.5 Å². The maximum Gasteiger partial charge on any atom is 0.416 e. The summed E-state index contributed by atoms with van der Waals surface area (Å²) >= 11 is 0. The third-order valence-electron chi connectivity index (χ3n) is 5.50. The van der Waals surface area contributed by atoms with Crippen molar-refractivity contribution >= 4 is 6.09 Å². The number of carbonyl (C=O) groups excluding carboxylic acids is 1. The number of amides is 1. The van der Waals surface area contributed by atoms with Gasteiger partial charge in [-0.15, -0.1) is 0 Å². The van der Waals surface area contributed by atoms with Gasteiger partial charge in [-0.05, 0) is 51.3 Å². The molecule has 1 atom stereocenters. The number of alkyl halides is 3. The number of fused-ring (bicyclic) bond motifs is 1. The van der Waals surface area contributed by atoms with Crippen molar-refractivity contribution in [1.82, 2.24) is 14.5 Å². The first-order valence-electron chi connectivity index (χ1n) is 10.8. The van der Waals surface area contributed by atoms with Gasteiger partial charge in [0.1, 0.15) is 11.4 Å². The fourth-order valence-electron chi connectivity index (χ4n) is 4.08. The Bertz CT molecular complexity index is 946. The van der Waals surface area contributed by atoms with Crippen LogP contribution in [-0.2, 0) is 36.9 Å². The van der Waals surface area contributed by atoms with Crippen LogP contribution >= 0.6 is 0 Å². The van der Waals surface area contributed by atoms with Gasteiger partial charge < -0.3 is 14.4 Å². The highest BCUT2D eigenvalue weighted by atomic mass is 19.4. The van der Waals surface area contributed by atoms with Gasteiger partial charge in [0.15, 0.2) is 0 Å². The molecule has 0 aliphatic carbocycles. The number of aliphatic hydroxyl groups excluding tert-OH is 1. The third kappa shape index (κ3) is 5.26. The van der Waals surface area contributed by atoms with E-state index in [2.05, 4.69) is 4.98 Å². The third-order valence-corrected chi connectivity index (χ3v) is 5.50. The summed E-state index contributed by atoms with van der Waals surface area (Å²) in [6.45, 7) is 8.08. The van der Waals surface area contributed by atoms with E-state index in [-0.39, 0.29) is 6.61 Å². The second-order valence-corrected chi connectivity index (χ2v) is 8.95. The molecule has 9 heteroatoms. The number of rotatable bonds is 5. The predicted octanol–water partition coefficient (Wildman–Crippen LogP) is 4.88. The van der Waals surface area contributed by atoms with E-state index in [9.17, 15) is 23.1 Å². The van der Waals surface area contributed by atoms with Crippen molar-refractivity contribution in [2.24, 2.45) is 0 Å². The summed E-state index contributed by atoms with van der Waals surface area (Å²) in [5.74, 6) is 0.840. The number of benzene rings is 1. The molecule has 6 nitrogen and oxygen atoms in total. The van der Waals surface area contributed by atoms with Crippen molar-refractivity contribution < 1.29 is 27.8 Å². The van der Waals surface area contributed by atoms with Crippen LogP contribution in [0, 0.1) is 0 Å². The molecule has 2 heterocycles. The van der Waals surface area contributed by atoms with E-state index in [0.29, 0.717) is 38.0 Å². The van der Waals surface area contributed by atoms with Gasteiger partial charge in [-0.25, -0.2) is 9.78 Å². The van der Waals surface area contributed by atoms with Crippen LogP contribution in [0.1, 0.15) is 68.5 Å². The van der Waals surface area contributed by atoms with Crippen LogP contribution in [0.3, 0.4) is 0 Å². The molecule has 1 amide bonds. The van der Waals surface area contributed by atoms with E-state index in [0.717, 1.165) is 29.2 Å². The fourth-order valence-corrected chi connectivity index (χ4v) is 4.08. The Morgan fingerprint density at radius 1 is 1.19 bits per heavy atom. The summed E-state index contributed by atoms with van der Waals surface area (Å²) in [5, 5.41) is 9.91. The standard InChI is InChI=1S/C23H30F3N3O3/c1-5-19-27-17(14-30)20-18(11-8-15-6-9-16(10-7-15)23(24,25)26)28(12-13-29(19)20)21(31)32-22(2,3)4/h6-7,9-10,18,30H,5,8,11-14H2,1-4H3. The molecule has 2 aromatic rings. The Balaban J connectivity index is 1.90. The monoisotopic (exact) mass is 453 g/mol. The maximum atomic E-state index is 13.0. The highest BCUT2D eigenvalue weighted by Gasteiger charge is 2.37. The van der Waals surface area contributed by atoms with Crippen LogP contribution in [-0.4, -0.2) is 37.8 Å². The van der Waals surface area contributed by atoms with Crippen LogP contribution < -0.4 is 0 Å². The Kier molecular flexibility index (Phi) is 6.88. The molecular formula is C23H30F3N3O3. The minimum absolute atomic E-state index is 0.256. The van der Waals surface area contributed by atoms with E-state index in [1.807, 2.05) is 11.5 Å². The molecule has 176 valence electrons. The lowest BCUT2D eigenvalue weighted by molar-refractivity contribution is -0.137. The number of imidazole rings is 1. The Morgan fingerprint density at radius 3 is 2.38 bits per heavy atom. The number of hydrogen-bond donors (Lipinski definition) is 1. The Labute approximate surface area is 186 Å². The van der Waals surface area contributed by atoms with Crippen molar-refractivity contribution in [3.05, 3.63) is 52.6 Å². The van der Waals surface area contributed by atoms with Crippen LogP contribution in [0.2, 0.25) is 0 Å². The van der Waals surface area contributed by atoms with Gasteiger partial charge in [-0.1, -0.05) is 19.1 Å².